The molecule has 0 bridgehead atoms. The quantitative estimate of drug-likeness (QED) is 0.561. The third kappa shape index (κ3) is 3.95. The van der Waals surface area contributed by atoms with Crippen molar-refractivity contribution in [3.8, 4) is 0 Å². The average molecular weight is 431 g/mol. The molecule has 2 aromatic rings. The number of hydrogen-bond acceptors (Lipinski definition) is 3. The van der Waals surface area contributed by atoms with Crippen LogP contribution in [0.3, 0.4) is 0 Å². The third-order valence-corrected chi connectivity index (χ3v) is 4.35. The van der Waals surface area contributed by atoms with Crippen molar-refractivity contribution in [3.05, 3.63) is 45.1 Å². The molecular weight excluding hydrogens is 422 g/mol. The van der Waals surface area contributed by atoms with E-state index in [0.717, 1.165) is 4.47 Å². The fourth-order valence-electron chi connectivity index (χ4n) is 1.55. The van der Waals surface area contributed by atoms with E-state index < -0.39 is 11.9 Å². The van der Waals surface area contributed by atoms with Crippen LogP contribution in [0.1, 0.15) is 10.5 Å². The maximum Gasteiger partial charge on any atom is 0.394 e. The van der Waals surface area contributed by atoms with E-state index in [1.54, 1.807) is 18.2 Å². The lowest BCUT2D eigenvalue weighted by atomic mass is 10.2. The van der Waals surface area contributed by atoms with E-state index in [9.17, 15) is 14.4 Å². The van der Waals surface area contributed by atoms with Crippen LogP contribution in [0.4, 0.5) is 11.4 Å². The van der Waals surface area contributed by atoms with Crippen LogP contribution >= 0.6 is 31.9 Å². The van der Waals surface area contributed by atoms with Crippen LogP contribution in [0.15, 0.2) is 39.4 Å². The van der Waals surface area contributed by atoms with Gasteiger partial charge in [0.15, 0.2) is 0 Å². The summed E-state index contributed by atoms with van der Waals surface area (Å²) >= 11 is 6.51. The van der Waals surface area contributed by atoms with Gasteiger partial charge in [0, 0.05) is 11.4 Å². The maximum atomic E-state index is 12.0. The zero-order chi connectivity index (χ0) is 16.3. The van der Waals surface area contributed by atoms with Crippen molar-refractivity contribution in [2.75, 3.05) is 10.6 Å². The van der Waals surface area contributed by atoms with Crippen LogP contribution < -0.4 is 10.6 Å². The Kier molecular flexibility index (Phi) is 4.99. The molecule has 1 aromatic carbocycles. The zero-order valence-corrected chi connectivity index (χ0v) is 14.0. The Morgan fingerprint density at radius 1 is 1.00 bits per heavy atom. The highest BCUT2D eigenvalue weighted by Crippen LogP contribution is 2.23. The molecule has 2 amide bonds. The molecule has 22 heavy (non-hydrogen) atoms. The summed E-state index contributed by atoms with van der Waals surface area (Å²) in [6, 6.07) is 7.68. The third-order valence-electron chi connectivity index (χ3n) is 2.56. The number of carboxylic acid groups (broad SMARTS) is 1. The number of carbonyl (C=O) groups excluding carboxylic acids is 2. The predicted octanol–water partition coefficient (Wildman–Crippen LogP) is 2.82. The molecule has 2 rings (SSSR count). The second-order valence-corrected chi connectivity index (χ2v) is 5.78. The number of aromatic amines is 1. The molecule has 0 saturated carbocycles. The predicted molar refractivity (Wildman–Crippen MR) is 86.9 cm³/mol. The van der Waals surface area contributed by atoms with Crippen molar-refractivity contribution in [2.24, 2.45) is 0 Å². The van der Waals surface area contributed by atoms with Gasteiger partial charge in [-0.3, -0.25) is 9.59 Å². The van der Waals surface area contributed by atoms with Gasteiger partial charge >= 0.3 is 11.9 Å². The van der Waals surface area contributed by atoms with Gasteiger partial charge in [-0.2, -0.15) is 0 Å². The molecule has 1 aromatic heterocycles. The number of benzene rings is 1. The minimum absolute atomic E-state index is 0.316. The van der Waals surface area contributed by atoms with Crippen LogP contribution in [-0.2, 0) is 9.59 Å². The smallest absolute Gasteiger partial charge is 0.394 e. The van der Waals surface area contributed by atoms with Gasteiger partial charge in [0.05, 0.1) is 9.08 Å². The lowest BCUT2D eigenvalue weighted by molar-refractivity contribution is -0.147. The monoisotopic (exact) mass is 429 g/mol. The fourth-order valence-corrected chi connectivity index (χ4v) is 2.20. The Morgan fingerprint density at radius 2 is 1.55 bits per heavy atom. The van der Waals surface area contributed by atoms with Crippen molar-refractivity contribution in [2.45, 2.75) is 0 Å². The Hall–Kier alpha value is -2.13. The molecule has 0 spiro atoms. The van der Waals surface area contributed by atoms with Crippen molar-refractivity contribution in [1.29, 1.82) is 0 Å². The maximum absolute atomic E-state index is 12.0. The number of halogens is 2. The second kappa shape index (κ2) is 6.75. The largest absolute Gasteiger partial charge is 0.474 e. The molecule has 1 heterocycles. The molecule has 0 aliphatic carbocycles. The number of aliphatic carboxylic acids is 1. The van der Waals surface area contributed by atoms with Gasteiger partial charge in [0.1, 0.15) is 5.69 Å². The van der Waals surface area contributed by atoms with Crippen LogP contribution in [0.2, 0.25) is 0 Å². The van der Waals surface area contributed by atoms with Gasteiger partial charge in [-0.15, -0.1) is 0 Å². The summed E-state index contributed by atoms with van der Waals surface area (Å²) in [6.45, 7) is 0. The Bertz CT molecular complexity index is 721. The molecule has 0 atom stereocenters. The van der Waals surface area contributed by atoms with Crippen molar-refractivity contribution < 1.29 is 19.5 Å². The fraction of sp³-hybridized carbons (Fsp3) is 0. The summed E-state index contributed by atoms with van der Waals surface area (Å²) in [6.07, 6.45) is 0. The standard InChI is InChI=1S/C13H9Br2N3O4/c14-8-5-9(18-10(8)15)11(19)16-6-1-3-7(4-2-6)17-12(20)13(21)22/h1-5,18H,(H,16,19)(H,17,20)(H,21,22). The van der Waals surface area contributed by atoms with E-state index >= 15 is 0 Å². The average Bonchev–Trinajstić information content (AvgIpc) is 2.81. The highest BCUT2D eigenvalue weighted by atomic mass is 79.9. The van der Waals surface area contributed by atoms with Crippen LogP contribution in [0.25, 0.3) is 0 Å². The van der Waals surface area contributed by atoms with Crippen molar-refractivity contribution in [3.63, 3.8) is 0 Å². The van der Waals surface area contributed by atoms with Gasteiger partial charge < -0.3 is 20.7 Å². The first-order chi connectivity index (χ1) is 10.4. The number of rotatable bonds is 3. The van der Waals surface area contributed by atoms with E-state index in [-0.39, 0.29) is 5.91 Å². The number of aromatic nitrogens is 1. The molecule has 0 unspecified atom stereocenters. The normalized spacial score (nSPS) is 10.1. The minimum atomic E-state index is -1.57. The molecule has 0 aliphatic rings. The SMILES string of the molecule is O=C(O)C(=O)Nc1ccc(NC(=O)c2cc(Br)c(Br)[nH]2)cc1. The zero-order valence-electron chi connectivity index (χ0n) is 10.8. The number of carboxylic acids is 1. The van der Waals surface area contributed by atoms with E-state index in [1.807, 2.05) is 0 Å². The highest BCUT2D eigenvalue weighted by molar-refractivity contribution is 9.13. The summed E-state index contributed by atoms with van der Waals surface area (Å²) in [5.41, 5.74) is 1.18. The van der Waals surface area contributed by atoms with E-state index in [2.05, 4.69) is 47.5 Å². The Balaban J connectivity index is 2.03. The number of hydrogen-bond donors (Lipinski definition) is 4. The van der Waals surface area contributed by atoms with E-state index in [1.165, 1.54) is 12.1 Å². The van der Waals surface area contributed by atoms with Crippen LogP contribution in [0.5, 0.6) is 0 Å². The van der Waals surface area contributed by atoms with Gasteiger partial charge in [-0.25, -0.2) is 4.79 Å². The second-order valence-electron chi connectivity index (χ2n) is 4.14. The number of carbonyl (C=O) groups is 3. The van der Waals surface area contributed by atoms with Gasteiger partial charge in [-0.1, -0.05) is 0 Å². The minimum Gasteiger partial charge on any atom is -0.474 e. The molecule has 114 valence electrons. The summed E-state index contributed by atoms with van der Waals surface area (Å²) in [5.74, 6) is -3.04. The summed E-state index contributed by atoms with van der Waals surface area (Å²) in [5, 5.41) is 13.3. The molecule has 9 heteroatoms. The number of nitrogens with one attached hydrogen (secondary N) is 3. The van der Waals surface area contributed by atoms with Gasteiger partial charge in [0.2, 0.25) is 0 Å². The Morgan fingerprint density at radius 3 is 2.00 bits per heavy atom. The van der Waals surface area contributed by atoms with Crippen molar-refractivity contribution in [1.82, 2.24) is 4.98 Å². The van der Waals surface area contributed by atoms with Crippen LogP contribution in [0, 0.1) is 0 Å². The number of anilines is 2. The highest BCUT2D eigenvalue weighted by Gasteiger charge is 2.13. The summed E-state index contributed by atoms with van der Waals surface area (Å²) < 4.78 is 1.38. The lowest BCUT2D eigenvalue weighted by Crippen LogP contribution is -2.21. The van der Waals surface area contributed by atoms with Gasteiger partial charge in [-0.05, 0) is 62.2 Å². The first-order valence-electron chi connectivity index (χ1n) is 5.86. The molecule has 0 aliphatic heterocycles. The van der Waals surface area contributed by atoms with Crippen LogP contribution in [-0.4, -0.2) is 27.9 Å². The first-order valence-corrected chi connectivity index (χ1v) is 7.45. The summed E-state index contributed by atoms with van der Waals surface area (Å²) in [7, 11) is 0. The van der Waals surface area contributed by atoms with E-state index in [4.69, 9.17) is 5.11 Å². The number of amides is 2. The van der Waals surface area contributed by atoms with Gasteiger partial charge in [0.25, 0.3) is 5.91 Å². The molecule has 0 fully saturated rings. The molecule has 7 nitrogen and oxygen atoms in total. The number of H-pyrrole nitrogens is 1. The first kappa shape index (κ1) is 16.2. The summed E-state index contributed by atoms with van der Waals surface area (Å²) in [4.78, 5) is 36.3. The molecular formula is C13H9Br2N3O4. The lowest BCUT2D eigenvalue weighted by Gasteiger charge is -2.06. The molecule has 0 radical (unpaired) electrons. The molecule has 4 N–H and O–H groups in total. The van der Waals surface area contributed by atoms with E-state index in [0.29, 0.717) is 21.7 Å². The topological polar surface area (TPSA) is 111 Å². The Labute approximate surface area is 141 Å². The molecule has 0 saturated heterocycles. The van der Waals surface area contributed by atoms with Crippen molar-refractivity contribution >= 4 is 61.0 Å².